The van der Waals surface area contributed by atoms with Crippen molar-refractivity contribution in [2.75, 3.05) is 0 Å². The molecule has 0 saturated carbocycles. The molecule has 0 aliphatic heterocycles. The van der Waals surface area contributed by atoms with Crippen LogP contribution < -0.4 is 0 Å². The monoisotopic (exact) mass is 188 g/mol. The van der Waals surface area contributed by atoms with Crippen molar-refractivity contribution in [3.8, 4) is 0 Å². The molecule has 0 nitrogen and oxygen atoms in total. The fourth-order valence-electron chi connectivity index (χ4n) is 1.46. The summed E-state index contributed by atoms with van der Waals surface area (Å²) in [5, 5.41) is 0. The molecule has 0 aliphatic carbocycles. The summed E-state index contributed by atoms with van der Waals surface area (Å²) in [6.45, 7) is 4.48. The van der Waals surface area contributed by atoms with Gasteiger partial charge in [-0.3, -0.25) is 0 Å². The van der Waals surface area contributed by atoms with E-state index in [-0.39, 0.29) is 0 Å². The minimum atomic E-state index is 1.08. The highest BCUT2D eigenvalue weighted by atomic mass is 14.0. The molecule has 0 spiro atoms. The number of hydrogen-bond donors (Lipinski definition) is 0. The Hall–Kier alpha value is -1.04. The van der Waals surface area contributed by atoms with Gasteiger partial charge in [-0.15, -0.1) is 0 Å². The molecule has 0 unspecified atom stereocenters. The predicted octanol–water partition coefficient (Wildman–Crippen LogP) is 4.37. The van der Waals surface area contributed by atoms with E-state index < -0.39 is 0 Å². The van der Waals surface area contributed by atoms with Gasteiger partial charge in [-0.05, 0) is 31.7 Å². The molecule has 0 saturated heterocycles. The van der Waals surface area contributed by atoms with Crippen LogP contribution in [0.15, 0.2) is 42.0 Å². The van der Waals surface area contributed by atoms with Crippen LogP contribution in [-0.4, -0.2) is 0 Å². The Labute approximate surface area is 87.7 Å². The van der Waals surface area contributed by atoms with Crippen LogP contribution in [0.3, 0.4) is 0 Å². The van der Waals surface area contributed by atoms with Crippen LogP contribution in [0.25, 0.3) is 0 Å². The molecule has 0 heteroatoms. The molecule has 1 aromatic carbocycles. The van der Waals surface area contributed by atoms with E-state index in [9.17, 15) is 0 Å². The van der Waals surface area contributed by atoms with Gasteiger partial charge in [-0.2, -0.15) is 0 Å². The minimum Gasteiger partial charge on any atom is -0.0812 e. The molecule has 0 heterocycles. The Bertz CT molecular complexity index is 269. The Balaban J connectivity index is 2.39. The van der Waals surface area contributed by atoms with Gasteiger partial charge in [0.25, 0.3) is 0 Å². The highest BCUT2D eigenvalue weighted by molar-refractivity contribution is 5.18. The van der Waals surface area contributed by atoms with E-state index >= 15 is 0 Å². The summed E-state index contributed by atoms with van der Waals surface area (Å²) in [5.74, 6) is 0. The maximum absolute atomic E-state index is 2.35. The third-order valence-electron chi connectivity index (χ3n) is 2.45. The van der Waals surface area contributed by atoms with Crippen LogP contribution in [0, 0.1) is 0 Å². The Morgan fingerprint density at radius 3 is 2.57 bits per heavy atom. The summed E-state index contributed by atoms with van der Waals surface area (Å²) >= 11 is 0. The average molecular weight is 188 g/mol. The first kappa shape index (κ1) is 11.0. The van der Waals surface area contributed by atoms with Crippen molar-refractivity contribution in [1.82, 2.24) is 0 Å². The molecule has 0 aliphatic rings. The highest BCUT2D eigenvalue weighted by Gasteiger charge is 1.90. The largest absolute Gasteiger partial charge is 0.0812 e. The average Bonchev–Trinajstić information content (AvgIpc) is 2.25. The fourth-order valence-corrected chi connectivity index (χ4v) is 1.46. The van der Waals surface area contributed by atoms with Gasteiger partial charge >= 0.3 is 0 Å². The molecule has 0 fully saturated rings. The maximum atomic E-state index is 2.35. The molecule has 0 atom stereocenters. The van der Waals surface area contributed by atoms with Gasteiger partial charge in [0.15, 0.2) is 0 Å². The lowest BCUT2D eigenvalue weighted by molar-refractivity contribution is 0.784. The summed E-state index contributed by atoms with van der Waals surface area (Å²) in [5.41, 5.74) is 2.93. The zero-order chi connectivity index (χ0) is 10.2. The molecule has 0 amide bonds. The first-order valence-electron chi connectivity index (χ1n) is 5.52. The Kier molecular flexibility index (Phi) is 5.06. The van der Waals surface area contributed by atoms with E-state index in [1.165, 1.54) is 30.4 Å². The molecule has 0 N–H and O–H groups in total. The SMILES string of the molecule is CCCC/C(C)=C/Cc1ccccc1. The van der Waals surface area contributed by atoms with Gasteiger partial charge < -0.3 is 0 Å². The van der Waals surface area contributed by atoms with Gasteiger partial charge in [-0.25, -0.2) is 0 Å². The number of rotatable bonds is 5. The van der Waals surface area contributed by atoms with Crippen LogP contribution in [0.2, 0.25) is 0 Å². The molecular formula is C14H20. The van der Waals surface area contributed by atoms with E-state index in [0.29, 0.717) is 0 Å². The first-order valence-corrected chi connectivity index (χ1v) is 5.52. The molecule has 14 heavy (non-hydrogen) atoms. The third-order valence-corrected chi connectivity index (χ3v) is 2.45. The molecular weight excluding hydrogens is 168 g/mol. The molecule has 1 rings (SSSR count). The zero-order valence-corrected chi connectivity index (χ0v) is 9.29. The van der Waals surface area contributed by atoms with Crippen molar-refractivity contribution in [2.24, 2.45) is 0 Å². The van der Waals surface area contributed by atoms with E-state index in [1.54, 1.807) is 0 Å². The Morgan fingerprint density at radius 1 is 1.21 bits per heavy atom. The molecule has 1 aromatic rings. The number of unbranched alkanes of at least 4 members (excludes halogenated alkanes) is 1. The van der Waals surface area contributed by atoms with Crippen molar-refractivity contribution in [3.05, 3.63) is 47.5 Å². The number of hydrogen-bond acceptors (Lipinski definition) is 0. The highest BCUT2D eigenvalue weighted by Crippen LogP contribution is 2.08. The fraction of sp³-hybridized carbons (Fsp3) is 0.429. The smallest absolute Gasteiger partial charge is 0.00949 e. The van der Waals surface area contributed by atoms with Crippen LogP contribution in [-0.2, 0) is 6.42 Å². The van der Waals surface area contributed by atoms with Crippen LogP contribution in [0.5, 0.6) is 0 Å². The van der Waals surface area contributed by atoms with Crippen molar-refractivity contribution in [1.29, 1.82) is 0 Å². The van der Waals surface area contributed by atoms with Crippen molar-refractivity contribution in [3.63, 3.8) is 0 Å². The van der Waals surface area contributed by atoms with Crippen molar-refractivity contribution in [2.45, 2.75) is 39.5 Å². The summed E-state index contributed by atoms with van der Waals surface area (Å²) in [7, 11) is 0. The second kappa shape index (κ2) is 6.42. The Morgan fingerprint density at radius 2 is 1.93 bits per heavy atom. The first-order chi connectivity index (χ1) is 6.83. The van der Waals surface area contributed by atoms with Gasteiger partial charge in [0.05, 0.1) is 0 Å². The van der Waals surface area contributed by atoms with Crippen molar-refractivity contribution < 1.29 is 0 Å². The van der Waals surface area contributed by atoms with E-state index in [4.69, 9.17) is 0 Å². The second-order valence-electron chi connectivity index (χ2n) is 3.84. The summed E-state index contributed by atoms with van der Waals surface area (Å²) in [4.78, 5) is 0. The van der Waals surface area contributed by atoms with E-state index in [2.05, 4.69) is 50.3 Å². The summed E-state index contributed by atoms with van der Waals surface area (Å²) in [6, 6.07) is 10.6. The van der Waals surface area contributed by atoms with Crippen LogP contribution in [0.1, 0.15) is 38.7 Å². The maximum Gasteiger partial charge on any atom is -0.00949 e. The topological polar surface area (TPSA) is 0 Å². The van der Waals surface area contributed by atoms with Gasteiger partial charge in [-0.1, -0.05) is 55.3 Å². The van der Waals surface area contributed by atoms with Gasteiger partial charge in [0, 0.05) is 0 Å². The lowest BCUT2D eigenvalue weighted by Gasteiger charge is -2.00. The number of benzene rings is 1. The van der Waals surface area contributed by atoms with E-state index in [1.807, 2.05) is 0 Å². The normalized spacial score (nSPS) is 11.7. The molecule has 76 valence electrons. The minimum absolute atomic E-state index is 1.08. The van der Waals surface area contributed by atoms with Crippen LogP contribution in [0.4, 0.5) is 0 Å². The molecule has 0 aromatic heterocycles. The second-order valence-corrected chi connectivity index (χ2v) is 3.84. The molecule has 0 bridgehead atoms. The quantitative estimate of drug-likeness (QED) is 0.602. The van der Waals surface area contributed by atoms with Crippen molar-refractivity contribution >= 4 is 0 Å². The standard InChI is InChI=1S/C14H20/c1-3-4-8-13(2)11-12-14-9-6-5-7-10-14/h5-7,9-11H,3-4,8,12H2,1-2H3/b13-11+. The zero-order valence-electron chi connectivity index (χ0n) is 9.29. The van der Waals surface area contributed by atoms with Gasteiger partial charge in [0.2, 0.25) is 0 Å². The van der Waals surface area contributed by atoms with Gasteiger partial charge in [0.1, 0.15) is 0 Å². The van der Waals surface area contributed by atoms with Crippen LogP contribution >= 0.6 is 0 Å². The predicted molar refractivity (Wildman–Crippen MR) is 63.4 cm³/mol. The third kappa shape index (κ3) is 4.27. The lowest BCUT2D eigenvalue weighted by atomic mass is 10.1. The van der Waals surface area contributed by atoms with E-state index in [0.717, 1.165) is 6.42 Å². The lowest BCUT2D eigenvalue weighted by Crippen LogP contribution is -1.83. The number of allylic oxidation sites excluding steroid dienone is 2. The molecule has 0 radical (unpaired) electrons. The summed E-state index contributed by atoms with van der Waals surface area (Å²) < 4.78 is 0. The summed E-state index contributed by atoms with van der Waals surface area (Å²) in [6.07, 6.45) is 7.29.